The monoisotopic (exact) mass is 271 g/mol. The molecular weight excluding hydrogens is 259 g/mol. The molecular formula is C6H12IN2S+. The zero-order chi connectivity index (χ0) is 7.56. The van der Waals surface area contributed by atoms with Crippen molar-refractivity contribution < 1.29 is 4.58 Å². The smallest absolute Gasteiger partial charge is 0.268 e. The summed E-state index contributed by atoms with van der Waals surface area (Å²) in [5, 5.41) is 5.44. The molecule has 4 heteroatoms. The van der Waals surface area contributed by atoms with Crippen molar-refractivity contribution in [2.45, 2.75) is 5.25 Å². The summed E-state index contributed by atoms with van der Waals surface area (Å²) in [6, 6.07) is 0. The number of halogens is 1. The summed E-state index contributed by atoms with van der Waals surface area (Å²) in [5.74, 6) is 0. The topological polar surface area (TPSA) is 15.0 Å². The Morgan fingerprint density at radius 2 is 2.50 bits per heavy atom. The predicted molar refractivity (Wildman–Crippen MR) is 55.4 cm³/mol. The van der Waals surface area contributed by atoms with Crippen LogP contribution in [-0.4, -0.2) is 40.1 Å². The van der Waals surface area contributed by atoms with E-state index in [2.05, 4.69) is 46.6 Å². The average molecular weight is 271 g/mol. The molecule has 0 radical (unpaired) electrons. The summed E-state index contributed by atoms with van der Waals surface area (Å²) < 4.78 is 3.36. The number of rotatable bonds is 1. The van der Waals surface area contributed by atoms with Crippen LogP contribution in [0.1, 0.15) is 0 Å². The van der Waals surface area contributed by atoms with Gasteiger partial charge in [0, 0.05) is 4.43 Å². The molecule has 0 aromatic heterocycles. The van der Waals surface area contributed by atoms with Gasteiger partial charge in [0.1, 0.15) is 0 Å². The van der Waals surface area contributed by atoms with Crippen LogP contribution in [-0.2, 0) is 0 Å². The number of amidine groups is 1. The standard InChI is InChI=1S/C6H11IN2S/c1-9(2)6-8-4-5(3-7)10-6/h5H,3-4H2,1-2H3/p+1. The molecule has 58 valence electrons. The van der Waals surface area contributed by atoms with Gasteiger partial charge < -0.3 is 0 Å². The third-order valence-electron chi connectivity index (χ3n) is 1.34. The second kappa shape index (κ2) is 3.80. The van der Waals surface area contributed by atoms with Crippen LogP contribution in [0.25, 0.3) is 0 Å². The van der Waals surface area contributed by atoms with Crippen LogP contribution in [0.2, 0.25) is 0 Å². The Bertz CT molecular complexity index is 154. The van der Waals surface area contributed by atoms with Gasteiger partial charge in [-0.25, -0.2) is 0 Å². The van der Waals surface area contributed by atoms with Crippen molar-refractivity contribution in [3.63, 3.8) is 0 Å². The van der Waals surface area contributed by atoms with Gasteiger partial charge in [0.05, 0.1) is 25.9 Å². The van der Waals surface area contributed by atoms with Gasteiger partial charge in [0.2, 0.25) is 0 Å². The molecule has 0 aliphatic carbocycles. The molecule has 0 bridgehead atoms. The normalized spacial score (nSPS) is 24.7. The third kappa shape index (κ3) is 2.02. The number of alkyl halides is 1. The molecule has 10 heavy (non-hydrogen) atoms. The first-order valence-corrected chi connectivity index (χ1v) is 5.65. The van der Waals surface area contributed by atoms with E-state index in [9.17, 15) is 0 Å². The van der Waals surface area contributed by atoms with Crippen molar-refractivity contribution in [1.82, 2.24) is 5.32 Å². The second-order valence-electron chi connectivity index (χ2n) is 2.47. The molecule has 0 aromatic rings. The molecule has 2 nitrogen and oxygen atoms in total. The minimum absolute atomic E-state index is 0.776. The molecule has 1 rings (SSSR count). The van der Waals surface area contributed by atoms with E-state index in [-0.39, 0.29) is 0 Å². The van der Waals surface area contributed by atoms with Crippen molar-refractivity contribution in [2.24, 2.45) is 0 Å². The third-order valence-corrected chi connectivity index (χ3v) is 4.40. The Balaban J connectivity index is 2.51. The first-order chi connectivity index (χ1) is 4.74. The molecule has 0 spiro atoms. The van der Waals surface area contributed by atoms with E-state index in [1.54, 1.807) is 0 Å². The Kier molecular flexibility index (Phi) is 3.29. The summed E-state index contributed by atoms with van der Waals surface area (Å²) >= 11 is 4.37. The molecule has 1 aliphatic rings. The van der Waals surface area contributed by atoms with Gasteiger partial charge >= 0.3 is 5.17 Å². The number of nitrogens with one attached hydrogen (secondary N) is 1. The zero-order valence-corrected chi connectivity index (χ0v) is 9.20. The van der Waals surface area contributed by atoms with E-state index in [1.807, 2.05) is 11.8 Å². The maximum absolute atomic E-state index is 3.36. The lowest BCUT2D eigenvalue weighted by molar-refractivity contribution is -0.463. The zero-order valence-electron chi connectivity index (χ0n) is 6.22. The van der Waals surface area contributed by atoms with Gasteiger partial charge in [-0.2, -0.15) is 0 Å². The number of hydrogen-bond donors (Lipinski definition) is 1. The fourth-order valence-electron chi connectivity index (χ4n) is 0.792. The van der Waals surface area contributed by atoms with Gasteiger partial charge in [-0.15, -0.1) is 0 Å². The summed E-state index contributed by atoms with van der Waals surface area (Å²) in [5.41, 5.74) is 0. The summed E-state index contributed by atoms with van der Waals surface area (Å²) in [6.45, 7) is 1.13. The van der Waals surface area contributed by atoms with Gasteiger partial charge in [-0.05, 0) is 11.8 Å². The Morgan fingerprint density at radius 1 is 1.80 bits per heavy atom. The highest BCUT2D eigenvalue weighted by molar-refractivity contribution is 14.1. The maximum Gasteiger partial charge on any atom is 0.306 e. The number of thioether (sulfide) groups is 1. The molecule has 0 aromatic carbocycles. The molecule has 1 fully saturated rings. The van der Waals surface area contributed by atoms with Crippen LogP contribution in [0, 0.1) is 0 Å². The lowest BCUT2D eigenvalue weighted by atomic mass is 10.5. The number of hydrogen-bond acceptors (Lipinski definition) is 1. The van der Waals surface area contributed by atoms with Crippen molar-refractivity contribution in [3.8, 4) is 0 Å². The largest absolute Gasteiger partial charge is 0.306 e. The molecule has 1 aliphatic heterocycles. The second-order valence-corrected chi connectivity index (χ2v) is 4.64. The number of nitrogens with zero attached hydrogens (tertiary/aromatic N) is 1. The van der Waals surface area contributed by atoms with E-state index in [1.165, 1.54) is 9.60 Å². The van der Waals surface area contributed by atoms with Crippen LogP contribution in [0.15, 0.2) is 0 Å². The van der Waals surface area contributed by atoms with E-state index in [0.717, 1.165) is 11.8 Å². The quantitative estimate of drug-likeness (QED) is 0.430. The Hall–Kier alpha value is 0.550. The molecule has 0 amide bonds. The fraction of sp³-hybridized carbons (Fsp3) is 0.833. The highest BCUT2D eigenvalue weighted by Gasteiger charge is 2.26. The van der Waals surface area contributed by atoms with Crippen LogP contribution in [0.5, 0.6) is 0 Å². The Morgan fingerprint density at radius 3 is 2.80 bits per heavy atom. The van der Waals surface area contributed by atoms with Crippen molar-refractivity contribution >= 4 is 39.5 Å². The van der Waals surface area contributed by atoms with Crippen molar-refractivity contribution in [3.05, 3.63) is 0 Å². The molecule has 1 saturated heterocycles. The first-order valence-electron chi connectivity index (χ1n) is 3.25. The SMILES string of the molecule is C[N+](C)=C1NCC(CI)S1. The fourth-order valence-corrected chi connectivity index (χ4v) is 2.57. The molecule has 0 saturated carbocycles. The molecule has 1 atom stereocenters. The lowest BCUT2D eigenvalue weighted by Gasteiger charge is -1.94. The van der Waals surface area contributed by atoms with Gasteiger partial charge in [0.15, 0.2) is 0 Å². The van der Waals surface area contributed by atoms with E-state index in [4.69, 9.17) is 0 Å². The summed E-state index contributed by atoms with van der Waals surface area (Å²) in [7, 11) is 4.15. The van der Waals surface area contributed by atoms with E-state index >= 15 is 0 Å². The summed E-state index contributed by atoms with van der Waals surface area (Å²) in [6.07, 6.45) is 0. The van der Waals surface area contributed by atoms with E-state index < -0.39 is 0 Å². The maximum atomic E-state index is 3.36. The van der Waals surface area contributed by atoms with E-state index in [0.29, 0.717) is 0 Å². The molecule has 1 heterocycles. The molecule has 1 N–H and O–H groups in total. The van der Waals surface area contributed by atoms with Crippen molar-refractivity contribution in [2.75, 3.05) is 25.1 Å². The van der Waals surface area contributed by atoms with Crippen LogP contribution in [0.4, 0.5) is 0 Å². The van der Waals surface area contributed by atoms with Crippen LogP contribution < -0.4 is 5.32 Å². The Labute approximate surface area is 79.6 Å². The molecule has 1 unspecified atom stereocenters. The summed E-state index contributed by atoms with van der Waals surface area (Å²) in [4.78, 5) is 0. The minimum Gasteiger partial charge on any atom is -0.268 e. The average Bonchev–Trinajstić information content (AvgIpc) is 2.34. The van der Waals surface area contributed by atoms with Gasteiger partial charge in [-0.1, -0.05) is 22.6 Å². The lowest BCUT2D eigenvalue weighted by Crippen LogP contribution is -2.22. The first kappa shape index (κ1) is 8.64. The van der Waals surface area contributed by atoms with Gasteiger partial charge in [-0.3, -0.25) is 9.89 Å². The van der Waals surface area contributed by atoms with Crippen LogP contribution >= 0.6 is 34.4 Å². The minimum atomic E-state index is 0.776. The van der Waals surface area contributed by atoms with Crippen LogP contribution in [0.3, 0.4) is 0 Å². The highest BCUT2D eigenvalue weighted by Crippen LogP contribution is 2.18. The van der Waals surface area contributed by atoms with Crippen molar-refractivity contribution in [1.29, 1.82) is 0 Å². The van der Waals surface area contributed by atoms with Gasteiger partial charge in [0.25, 0.3) is 0 Å². The predicted octanol–water partition coefficient (Wildman–Crippen LogP) is 0.754. The highest BCUT2D eigenvalue weighted by atomic mass is 127.